The van der Waals surface area contributed by atoms with Crippen molar-refractivity contribution in [2.45, 2.75) is 51.2 Å². The summed E-state index contributed by atoms with van der Waals surface area (Å²) in [6.07, 6.45) is -3.04. The van der Waals surface area contributed by atoms with Gasteiger partial charge >= 0.3 is 5.69 Å². The van der Waals surface area contributed by atoms with Gasteiger partial charge in [0.05, 0.1) is 42.5 Å². The van der Waals surface area contributed by atoms with E-state index in [2.05, 4.69) is 10.3 Å². The molecule has 2 aromatic rings. The number of H-pyrrole nitrogens is 1. The molecule has 29 heavy (non-hydrogen) atoms. The third-order valence-electron chi connectivity index (χ3n) is 4.64. The van der Waals surface area contributed by atoms with Crippen molar-refractivity contribution in [1.29, 1.82) is 0 Å². The van der Waals surface area contributed by atoms with Crippen LogP contribution in [0.5, 0.6) is 0 Å². The zero-order valence-corrected chi connectivity index (χ0v) is 16.5. The van der Waals surface area contributed by atoms with Crippen molar-refractivity contribution in [2.75, 3.05) is 6.61 Å². The standard InChI is InChI=1S/C17H21FN4O6S/c1-7-12(29-8(2)19-7)3-13(23)20-10-6-28-11(15(25)14(10)24)5-22-4-9(18)16(26)21-17(22)27/h4,10-11,14-15,24-25H,3,5-6H2,1-2H3,(H,20,23)(H,21,26,27)/t10-,11-,14+,15-/m1/s1. The van der Waals surface area contributed by atoms with Crippen molar-refractivity contribution in [3.05, 3.63) is 48.4 Å². The normalized spacial score (nSPS) is 24.4. The highest BCUT2D eigenvalue weighted by Gasteiger charge is 2.39. The van der Waals surface area contributed by atoms with Crippen LogP contribution in [0.4, 0.5) is 4.39 Å². The van der Waals surface area contributed by atoms with Crippen LogP contribution in [-0.4, -0.2) is 61.6 Å². The first-order chi connectivity index (χ1) is 13.7. The van der Waals surface area contributed by atoms with E-state index in [1.165, 1.54) is 11.3 Å². The average molecular weight is 428 g/mol. The molecule has 0 unspecified atom stereocenters. The van der Waals surface area contributed by atoms with Gasteiger partial charge in [-0.3, -0.25) is 19.1 Å². The molecule has 0 radical (unpaired) electrons. The Morgan fingerprint density at radius 2 is 2.14 bits per heavy atom. The fourth-order valence-electron chi connectivity index (χ4n) is 3.12. The Bertz CT molecular complexity index is 1020. The molecule has 4 atom stereocenters. The molecule has 158 valence electrons. The minimum absolute atomic E-state index is 0.0894. The zero-order valence-electron chi connectivity index (χ0n) is 15.7. The lowest BCUT2D eigenvalue weighted by molar-refractivity contribution is -0.158. The Balaban J connectivity index is 1.62. The molecule has 3 heterocycles. The average Bonchev–Trinajstić information content (AvgIpc) is 2.96. The third kappa shape index (κ3) is 4.78. The van der Waals surface area contributed by atoms with Gasteiger partial charge in [0.15, 0.2) is 0 Å². The minimum atomic E-state index is -1.44. The summed E-state index contributed by atoms with van der Waals surface area (Å²) in [4.78, 5) is 42.0. The number of aromatic nitrogens is 3. The highest BCUT2D eigenvalue weighted by Crippen LogP contribution is 2.19. The minimum Gasteiger partial charge on any atom is -0.388 e. The summed E-state index contributed by atoms with van der Waals surface area (Å²) in [5, 5.41) is 24.1. The molecule has 1 aliphatic rings. The van der Waals surface area contributed by atoms with Gasteiger partial charge in [-0.1, -0.05) is 0 Å². The highest BCUT2D eigenvalue weighted by molar-refractivity contribution is 7.11. The molecule has 12 heteroatoms. The molecular weight excluding hydrogens is 407 g/mol. The maximum Gasteiger partial charge on any atom is 0.328 e. The molecule has 0 spiro atoms. The van der Waals surface area contributed by atoms with Gasteiger partial charge in [-0.05, 0) is 13.8 Å². The topological polar surface area (TPSA) is 147 Å². The molecule has 1 amide bonds. The molecule has 3 rings (SSSR count). The number of carbonyl (C=O) groups excluding carboxylic acids is 1. The number of nitrogens with one attached hydrogen (secondary N) is 2. The summed E-state index contributed by atoms with van der Waals surface area (Å²) in [6.45, 7) is 3.25. The van der Waals surface area contributed by atoms with Gasteiger partial charge in [-0.2, -0.15) is 4.39 Å². The number of aryl methyl sites for hydroxylation is 2. The smallest absolute Gasteiger partial charge is 0.328 e. The van der Waals surface area contributed by atoms with Gasteiger partial charge < -0.3 is 20.3 Å². The predicted octanol–water partition coefficient (Wildman–Crippen LogP) is -1.40. The SMILES string of the molecule is Cc1nc(C)c(CC(=O)N[C@@H]2CO[C@H](Cn3cc(F)c(=O)[nH]c3=O)[C@@H](O)[C@H]2O)s1. The summed E-state index contributed by atoms with van der Waals surface area (Å²) in [6, 6.07) is -0.855. The predicted molar refractivity (Wildman–Crippen MR) is 100 cm³/mol. The van der Waals surface area contributed by atoms with Crippen LogP contribution in [0.2, 0.25) is 0 Å². The molecule has 4 N–H and O–H groups in total. The number of thiazole rings is 1. The first-order valence-electron chi connectivity index (χ1n) is 8.85. The number of aromatic amines is 1. The van der Waals surface area contributed by atoms with Gasteiger partial charge in [0, 0.05) is 4.88 Å². The Kier molecular flexibility index (Phi) is 6.27. The Hall–Kier alpha value is -2.41. The fourth-order valence-corrected chi connectivity index (χ4v) is 4.06. The molecule has 0 aliphatic carbocycles. The number of hydrogen-bond donors (Lipinski definition) is 4. The van der Waals surface area contributed by atoms with Gasteiger partial charge in [0.25, 0.3) is 5.56 Å². The molecule has 0 saturated carbocycles. The second-order valence-electron chi connectivity index (χ2n) is 6.83. The molecule has 1 fully saturated rings. The molecule has 1 saturated heterocycles. The number of rotatable bonds is 5. The van der Waals surface area contributed by atoms with Crippen LogP contribution in [0, 0.1) is 19.7 Å². The number of aliphatic hydroxyl groups excluding tert-OH is 2. The molecule has 2 aromatic heterocycles. The Labute approximate surface area is 168 Å². The first kappa shape index (κ1) is 21.3. The monoisotopic (exact) mass is 428 g/mol. The van der Waals surface area contributed by atoms with Gasteiger partial charge in [-0.15, -0.1) is 11.3 Å². The van der Waals surface area contributed by atoms with E-state index >= 15 is 0 Å². The van der Waals surface area contributed by atoms with E-state index in [1.807, 2.05) is 6.92 Å². The van der Waals surface area contributed by atoms with Crippen LogP contribution >= 0.6 is 11.3 Å². The summed E-state index contributed by atoms with van der Waals surface area (Å²) >= 11 is 1.41. The van der Waals surface area contributed by atoms with Gasteiger partial charge in [0.2, 0.25) is 11.7 Å². The number of halogens is 1. The summed E-state index contributed by atoms with van der Waals surface area (Å²) in [5.41, 5.74) is -1.25. The van der Waals surface area contributed by atoms with Crippen LogP contribution < -0.4 is 16.6 Å². The Morgan fingerprint density at radius 1 is 1.41 bits per heavy atom. The fraction of sp³-hybridized carbons (Fsp3) is 0.529. The van der Waals surface area contributed by atoms with Crippen LogP contribution in [-0.2, 0) is 22.5 Å². The number of ether oxygens (including phenoxy) is 1. The number of carbonyl (C=O) groups is 1. The molecular formula is C17H21FN4O6S. The molecule has 0 aromatic carbocycles. The van der Waals surface area contributed by atoms with Crippen molar-refractivity contribution in [1.82, 2.24) is 19.9 Å². The highest BCUT2D eigenvalue weighted by atomic mass is 32.1. The van der Waals surface area contributed by atoms with E-state index in [4.69, 9.17) is 4.74 Å². The Morgan fingerprint density at radius 3 is 2.79 bits per heavy atom. The van der Waals surface area contributed by atoms with Crippen LogP contribution in [0.1, 0.15) is 15.6 Å². The quantitative estimate of drug-likeness (QED) is 0.458. The lowest BCUT2D eigenvalue weighted by Crippen LogP contribution is -2.60. The largest absolute Gasteiger partial charge is 0.388 e. The molecule has 10 nitrogen and oxygen atoms in total. The second-order valence-corrected chi connectivity index (χ2v) is 8.12. The van der Waals surface area contributed by atoms with Gasteiger partial charge in [-0.25, -0.2) is 9.78 Å². The summed E-state index contributed by atoms with van der Waals surface area (Å²) < 4.78 is 19.7. The maximum atomic E-state index is 13.4. The van der Waals surface area contributed by atoms with Crippen LogP contribution in [0.25, 0.3) is 0 Å². The lowest BCUT2D eigenvalue weighted by atomic mass is 9.97. The van der Waals surface area contributed by atoms with E-state index in [-0.39, 0.29) is 25.5 Å². The third-order valence-corrected chi connectivity index (χ3v) is 5.72. The van der Waals surface area contributed by atoms with Crippen LogP contribution in [0.3, 0.4) is 0 Å². The van der Waals surface area contributed by atoms with E-state index in [1.54, 1.807) is 11.9 Å². The summed E-state index contributed by atoms with van der Waals surface area (Å²) in [5.74, 6) is -1.51. The van der Waals surface area contributed by atoms with Crippen molar-refractivity contribution >= 4 is 17.2 Å². The molecule has 1 aliphatic heterocycles. The van der Waals surface area contributed by atoms with E-state index in [0.29, 0.717) is 6.20 Å². The first-order valence-corrected chi connectivity index (χ1v) is 9.66. The second kappa shape index (κ2) is 8.53. The number of nitrogens with zero attached hydrogens (tertiary/aromatic N) is 2. The molecule has 0 bridgehead atoms. The summed E-state index contributed by atoms with van der Waals surface area (Å²) in [7, 11) is 0. The van der Waals surface area contributed by atoms with Crippen molar-refractivity contribution < 1.29 is 24.1 Å². The van der Waals surface area contributed by atoms with Crippen molar-refractivity contribution in [3.63, 3.8) is 0 Å². The maximum absolute atomic E-state index is 13.4. The van der Waals surface area contributed by atoms with E-state index in [0.717, 1.165) is 20.1 Å². The van der Waals surface area contributed by atoms with Crippen LogP contribution in [0.15, 0.2) is 15.8 Å². The number of aliphatic hydroxyl groups is 2. The van der Waals surface area contributed by atoms with E-state index < -0.39 is 41.4 Å². The van der Waals surface area contributed by atoms with E-state index in [9.17, 15) is 29.0 Å². The number of amides is 1. The number of hydrogen-bond acceptors (Lipinski definition) is 8. The van der Waals surface area contributed by atoms with Crippen molar-refractivity contribution in [3.8, 4) is 0 Å². The van der Waals surface area contributed by atoms with Gasteiger partial charge in [0.1, 0.15) is 18.3 Å². The lowest BCUT2D eigenvalue weighted by Gasteiger charge is -2.38. The van der Waals surface area contributed by atoms with Crippen molar-refractivity contribution in [2.24, 2.45) is 0 Å². The zero-order chi connectivity index (χ0) is 21.3.